The summed E-state index contributed by atoms with van der Waals surface area (Å²) in [6.07, 6.45) is 7.24. The van der Waals surface area contributed by atoms with Crippen LogP contribution in [0, 0.1) is 11.3 Å². The minimum absolute atomic E-state index is 0.159. The molecule has 0 bridgehead atoms. The molecule has 1 unspecified atom stereocenters. The highest BCUT2D eigenvalue weighted by molar-refractivity contribution is 7.16. The van der Waals surface area contributed by atoms with Gasteiger partial charge in [0.2, 0.25) is 5.91 Å². The van der Waals surface area contributed by atoms with E-state index in [2.05, 4.69) is 21.8 Å². The Morgan fingerprint density at radius 1 is 1.42 bits per heavy atom. The summed E-state index contributed by atoms with van der Waals surface area (Å²) in [6, 6.07) is 3.67. The van der Waals surface area contributed by atoms with E-state index in [-0.39, 0.29) is 5.91 Å². The maximum absolute atomic E-state index is 12.5. The zero-order valence-electron chi connectivity index (χ0n) is 13.9. The monoisotopic (exact) mass is 343 g/mol. The Balaban J connectivity index is 1.73. The number of thiophene rings is 1. The number of aryl methyl sites for hydroxylation is 2. The van der Waals surface area contributed by atoms with E-state index in [1.54, 1.807) is 22.9 Å². The second kappa shape index (κ2) is 7.05. The summed E-state index contributed by atoms with van der Waals surface area (Å²) in [7, 11) is 1.83. The van der Waals surface area contributed by atoms with Crippen molar-refractivity contribution in [3.63, 3.8) is 0 Å². The van der Waals surface area contributed by atoms with Gasteiger partial charge in [0.1, 0.15) is 22.9 Å². The topological polar surface area (TPSA) is 82.7 Å². The van der Waals surface area contributed by atoms with Gasteiger partial charge in [-0.15, -0.1) is 11.3 Å². The third-order valence-corrected chi connectivity index (χ3v) is 5.45. The van der Waals surface area contributed by atoms with Crippen molar-refractivity contribution in [3.8, 4) is 6.07 Å². The Morgan fingerprint density at radius 2 is 2.21 bits per heavy atom. The van der Waals surface area contributed by atoms with Crippen molar-refractivity contribution in [2.24, 2.45) is 7.05 Å². The number of nitriles is 1. The highest BCUT2D eigenvalue weighted by Gasteiger charge is 2.22. The second-order valence-electron chi connectivity index (χ2n) is 6.11. The van der Waals surface area contributed by atoms with Gasteiger partial charge < -0.3 is 10.6 Å². The van der Waals surface area contributed by atoms with E-state index in [1.807, 2.05) is 19.3 Å². The number of nitrogens with zero attached hydrogens (tertiary/aromatic N) is 3. The molecular formula is C17H21N5OS. The molecule has 1 aliphatic carbocycles. The largest absolute Gasteiger partial charge is 0.357 e. The molecule has 2 aromatic heterocycles. The van der Waals surface area contributed by atoms with E-state index < -0.39 is 6.04 Å². The molecule has 0 radical (unpaired) electrons. The zero-order chi connectivity index (χ0) is 17.1. The van der Waals surface area contributed by atoms with Crippen LogP contribution in [0.2, 0.25) is 0 Å². The van der Waals surface area contributed by atoms with Crippen molar-refractivity contribution < 1.29 is 4.79 Å². The fraction of sp³-hybridized carbons (Fsp3) is 0.471. The van der Waals surface area contributed by atoms with E-state index in [0.717, 1.165) is 31.2 Å². The van der Waals surface area contributed by atoms with E-state index in [1.165, 1.54) is 11.3 Å². The summed E-state index contributed by atoms with van der Waals surface area (Å²) < 4.78 is 1.68. The predicted octanol–water partition coefficient (Wildman–Crippen LogP) is 3.06. The first-order valence-corrected chi connectivity index (χ1v) is 9.02. The molecule has 2 N–H and O–H groups in total. The van der Waals surface area contributed by atoms with E-state index in [0.29, 0.717) is 16.4 Å². The molecule has 2 aromatic rings. The number of carbonyl (C=O) groups is 1. The number of fused-ring (bicyclic) bond motifs is 1. The Labute approximate surface area is 145 Å². The number of aromatic nitrogens is 2. The van der Waals surface area contributed by atoms with Crippen LogP contribution in [0.5, 0.6) is 0 Å². The van der Waals surface area contributed by atoms with Gasteiger partial charge in [-0.3, -0.25) is 9.48 Å². The van der Waals surface area contributed by atoms with Gasteiger partial charge in [0.15, 0.2) is 0 Å². The molecule has 1 aliphatic rings. The van der Waals surface area contributed by atoms with Gasteiger partial charge in [-0.25, -0.2) is 0 Å². The van der Waals surface area contributed by atoms with Crippen molar-refractivity contribution in [1.82, 2.24) is 9.78 Å². The highest BCUT2D eigenvalue weighted by Crippen LogP contribution is 2.37. The minimum atomic E-state index is -0.437. The lowest BCUT2D eigenvalue weighted by Crippen LogP contribution is -2.32. The van der Waals surface area contributed by atoms with Crippen molar-refractivity contribution >= 4 is 28.1 Å². The van der Waals surface area contributed by atoms with Crippen LogP contribution < -0.4 is 10.6 Å². The standard InChI is InChI=1S/C17H21N5OS/c1-11(19-15-8-9-22(2)21-15)16(23)20-17-13(10-18)12-6-4-3-5-7-14(12)24-17/h8-9,11H,3-7H2,1-2H3,(H,19,21)(H,20,23). The summed E-state index contributed by atoms with van der Waals surface area (Å²) in [5.41, 5.74) is 1.79. The molecule has 1 amide bonds. The quantitative estimate of drug-likeness (QED) is 0.836. The van der Waals surface area contributed by atoms with Crippen molar-refractivity contribution in [3.05, 3.63) is 28.3 Å². The van der Waals surface area contributed by atoms with Gasteiger partial charge in [-0.1, -0.05) is 6.42 Å². The molecule has 0 fully saturated rings. The predicted molar refractivity (Wildman–Crippen MR) is 95.2 cm³/mol. The first-order valence-electron chi connectivity index (χ1n) is 8.20. The van der Waals surface area contributed by atoms with Gasteiger partial charge in [-0.2, -0.15) is 10.4 Å². The fourth-order valence-corrected chi connectivity index (χ4v) is 4.19. The molecule has 0 spiro atoms. The molecule has 6 nitrogen and oxygen atoms in total. The molecule has 24 heavy (non-hydrogen) atoms. The molecule has 0 saturated heterocycles. The molecular weight excluding hydrogens is 322 g/mol. The molecule has 1 atom stereocenters. The van der Waals surface area contributed by atoms with E-state index in [9.17, 15) is 10.1 Å². The molecule has 0 aromatic carbocycles. The molecule has 0 aliphatic heterocycles. The van der Waals surface area contributed by atoms with Crippen LogP contribution in [0.1, 0.15) is 42.2 Å². The number of hydrogen-bond donors (Lipinski definition) is 2. The maximum Gasteiger partial charge on any atom is 0.247 e. The number of nitrogens with one attached hydrogen (secondary N) is 2. The van der Waals surface area contributed by atoms with Crippen molar-refractivity contribution in [1.29, 1.82) is 5.26 Å². The van der Waals surface area contributed by atoms with Crippen LogP contribution in [0.15, 0.2) is 12.3 Å². The van der Waals surface area contributed by atoms with Gasteiger partial charge in [0.05, 0.1) is 5.56 Å². The van der Waals surface area contributed by atoms with Crippen LogP contribution in [-0.4, -0.2) is 21.7 Å². The maximum atomic E-state index is 12.5. The van der Waals surface area contributed by atoms with Gasteiger partial charge >= 0.3 is 0 Å². The summed E-state index contributed by atoms with van der Waals surface area (Å²) in [4.78, 5) is 13.7. The lowest BCUT2D eigenvalue weighted by molar-refractivity contribution is -0.116. The average Bonchev–Trinajstić information content (AvgIpc) is 3.02. The van der Waals surface area contributed by atoms with E-state index >= 15 is 0 Å². The van der Waals surface area contributed by atoms with E-state index in [4.69, 9.17) is 0 Å². The number of carbonyl (C=O) groups excluding carboxylic acids is 1. The van der Waals surface area contributed by atoms with Crippen molar-refractivity contribution in [2.75, 3.05) is 10.6 Å². The molecule has 7 heteroatoms. The minimum Gasteiger partial charge on any atom is -0.357 e. The first-order chi connectivity index (χ1) is 11.6. The van der Waals surface area contributed by atoms with Crippen molar-refractivity contribution in [2.45, 2.75) is 45.1 Å². The average molecular weight is 343 g/mol. The van der Waals surface area contributed by atoms with Crippen LogP contribution in [0.25, 0.3) is 0 Å². The number of hydrogen-bond acceptors (Lipinski definition) is 5. The number of rotatable bonds is 4. The fourth-order valence-electron chi connectivity index (χ4n) is 2.95. The summed E-state index contributed by atoms with van der Waals surface area (Å²) in [5.74, 6) is 0.496. The molecule has 126 valence electrons. The third-order valence-electron chi connectivity index (χ3n) is 4.24. The lowest BCUT2D eigenvalue weighted by atomic mass is 10.1. The Kier molecular flexibility index (Phi) is 4.86. The van der Waals surface area contributed by atoms with Crippen LogP contribution >= 0.6 is 11.3 Å². The Hall–Kier alpha value is -2.33. The smallest absolute Gasteiger partial charge is 0.247 e. The second-order valence-corrected chi connectivity index (χ2v) is 7.22. The molecule has 2 heterocycles. The summed E-state index contributed by atoms with van der Waals surface area (Å²) in [5, 5.41) is 20.4. The Bertz CT molecular complexity index is 785. The SMILES string of the molecule is CC(Nc1ccn(C)n1)C(=O)Nc1sc2c(c1C#N)CCCCC2. The number of amides is 1. The van der Waals surface area contributed by atoms with Crippen LogP contribution in [0.4, 0.5) is 10.8 Å². The van der Waals surface area contributed by atoms with Gasteiger partial charge in [-0.05, 0) is 38.2 Å². The molecule has 0 saturated carbocycles. The lowest BCUT2D eigenvalue weighted by Gasteiger charge is -2.13. The number of anilines is 2. The van der Waals surface area contributed by atoms with Gasteiger partial charge in [0, 0.05) is 24.2 Å². The third kappa shape index (κ3) is 3.44. The normalized spacial score (nSPS) is 15.0. The van der Waals surface area contributed by atoms with Gasteiger partial charge in [0.25, 0.3) is 0 Å². The van der Waals surface area contributed by atoms with Crippen LogP contribution in [0.3, 0.4) is 0 Å². The summed E-state index contributed by atoms with van der Waals surface area (Å²) >= 11 is 1.55. The zero-order valence-corrected chi connectivity index (χ0v) is 14.7. The molecule has 3 rings (SSSR count). The summed E-state index contributed by atoms with van der Waals surface area (Å²) in [6.45, 7) is 1.79. The first kappa shape index (κ1) is 16.5. The Morgan fingerprint density at radius 3 is 2.92 bits per heavy atom. The highest BCUT2D eigenvalue weighted by atomic mass is 32.1. The van der Waals surface area contributed by atoms with Crippen LogP contribution in [-0.2, 0) is 24.7 Å².